The summed E-state index contributed by atoms with van der Waals surface area (Å²) in [6, 6.07) is 0. The largest absolute Gasteiger partial charge is 0.481 e. The van der Waals surface area contributed by atoms with Crippen LogP contribution in [0.5, 0.6) is 0 Å². The van der Waals surface area contributed by atoms with E-state index < -0.39 is 23.8 Å². The van der Waals surface area contributed by atoms with Crippen molar-refractivity contribution in [2.45, 2.75) is 51.4 Å². The highest BCUT2D eigenvalue weighted by atomic mass is 32.1. The molecule has 2 atom stereocenters. The first kappa shape index (κ1) is 17.9. The molecule has 2 aliphatic rings. The molecule has 25 heavy (non-hydrogen) atoms. The molecule has 7 heteroatoms. The van der Waals surface area contributed by atoms with E-state index in [4.69, 9.17) is 4.74 Å². The van der Waals surface area contributed by atoms with Crippen molar-refractivity contribution in [2.24, 2.45) is 11.8 Å². The molecule has 0 aliphatic heterocycles. The molecule has 1 heterocycles. The van der Waals surface area contributed by atoms with Crippen LogP contribution in [-0.2, 0) is 27.2 Å². The lowest BCUT2D eigenvalue weighted by Crippen LogP contribution is -2.36. The Bertz CT molecular complexity index is 696. The standard InChI is InChI=1S/C18H23NO5S/c1-24-18(23)14-12-8-4-5-9-13(12)25-16(14)19-15(20)10-6-2-3-7-11(10)17(21)22/h10-11H,2-9H2,1H3,(H,19,20)(H,21,22)/t10-,11-/m0/s1. The molecule has 136 valence electrons. The Morgan fingerprint density at radius 1 is 1.08 bits per heavy atom. The van der Waals surface area contributed by atoms with Gasteiger partial charge in [-0.25, -0.2) is 4.79 Å². The molecule has 0 unspecified atom stereocenters. The van der Waals surface area contributed by atoms with E-state index in [9.17, 15) is 19.5 Å². The average Bonchev–Trinajstić information content (AvgIpc) is 2.98. The molecule has 0 saturated heterocycles. The topological polar surface area (TPSA) is 92.7 Å². The first-order chi connectivity index (χ1) is 12.0. The number of thiophene rings is 1. The van der Waals surface area contributed by atoms with Gasteiger partial charge in [-0.1, -0.05) is 12.8 Å². The maximum Gasteiger partial charge on any atom is 0.341 e. The minimum atomic E-state index is -0.918. The van der Waals surface area contributed by atoms with Gasteiger partial charge >= 0.3 is 11.9 Å². The number of aliphatic carboxylic acids is 1. The van der Waals surface area contributed by atoms with Gasteiger partial charge in [-0.2, -0.15) is 0 Å². The third-order valence-corrected chi connectivity index (χ3v) is 6.42. The second-order valence-electron chi connectivity index (χ2n) is 6.73. The Hall–Kier alpha value is -1.89. The zero-order chi connectivity index (χ0) is 18.0. The molecule has 0 spiro atoms. The molecule has 1 saturated carbocycles. The van der Waals surface area contributed by atoms with Gasteiger partial charge in [0, 0.05) is 4.88 Å². The number of hydrogen-bond donors (Lipinski definition) is 2. The normalized spacial score (nSPS) is 22.8. The Kier molecular flexibility index (Phi) is 5.42. The van der Waals surface area contributed by atoms with Crippen molar-refractivity contribution in [3.63, 3.8) is 0 Å². The Morgan fingerprint density at radius 2 is 1.76 bits per heavy atom. The number of anilines is 1. The molecule has 0 radical (unpaired) electrons. The maximum absolute atomic E-state index is 12.7. The maximum atomic E-state index is 12.7. The van der Waals surface area contributed by atoms with Crippen molar-refractivity contribution in [2.75, 3.05) is 12.4 Å². The number of aryl methyl sites for hydroxylation is 1. The highest BCUT2D eigenvalue weighted by Gasteiger charge is 2.37. The minimum Gasteiger partial charge on any atom is -0.481 e. The molecule has 0 aromatic carbocycles. The third kappa shape index (κ3) is 3.56. The molecule has 2 aliphatic carbocycles. The van der Waals surface area contributed by atoms with Crippen LogP contribution in [0.4, 0.5) is 5.00 Å². The van der Waals surface area contributed by atoms with Crippen LogP contribution < -0.4 is 5.32 Å². The smallest absolute Gasteiger partial charge is 0.341 e. The molecule has 6 nitrogen and oxygen atoms in total. The number of rotatable bonds is 4. The molecular weight excluding hydrogens is 342 g/mol. The molecule has 1 aromatic heterocycles. The van der Waals surface area contributed by atoms with Crippen LogP contribution in [-0.4, -0.2) is 30.1 Å². The van der Waals surface area contributed by atoms with E-state index in [0.717, 1.165) is 49.0 Å². The molecule has 1 fully saturated rings. The monoisotopic (exact) mass is 365 g/mol. The SMILES string of the molecule is COC(=O)c1c(NC(=O)[C@H]2CCCC[C@@H]2C(=O)O)sc2c1CCCC2. The van der Waals surface area contributed by atoms with Crippen molar-refractivity contribution in [1.29, 1.82) is 0 Å². The summed E-state index contributed by atoms with van der Waals surface area (Å²) < 4.78 is 4.91. The Morgan fingerprint density at radius 3 is 2.44 bits per heavy atom. The van der Waals surface area contributed by atoms with E-state index in [0.29, 0.717) is 23.4 Å². The zero-order valence-electron chi connectivity index (χ0n) is 14.3. The van der Waals surface area contributed by atoms with Gasteiger partial charge in [0.05, 0.1) is 24.5 Å². The van der Waals surface area contributed by atoms with Gasteiger partial charge in [0.15, 0.2) is 0 Å². The summed E-state index contributed by atoms with van der Waals surface area (Å²) in [7, 11) is 1.34. The number of esters is 1. The number of ether oxygens (including phenoxy) is 1. The summed E-state index contributed by atoms with van der Waals surface area (Å²) in [5.41, 5.74) is 1.44. The van der Waals surface area contributed by atoms with E-state index >= 15 is 0 Å². The van der Waals surface area contributed by atoms with Crippen molar-refractivity contribution < 1.29 is 24.2 Å². The van der Waals surface area contributed by atoms with Crippen molar-refractivity contribution >= 4 is 34.2 Å². The summed E-state index contributed by atoms with van der Waals surface area (Å²) in [6.07, 6.45) is 6.60. The summed E-state index contributed by atoms with van der Waals surface area (Å²) in [5.74, 6) is -2.84. The number of fused-ring (bicyclic) bond motifs is 1. The number of carbonyl (C=O) groups is 3. The highest BCUT2D eigenvalue weighted by molar-refractivity contribution is 7.17. The average molecular weight is 365 g/mol. The predicted molar refractivity (Wildman–Crippen MR) is 94.0 cm³/mol. The number of carbonyl (C=O) groups excluding carboxylic acids is 2. The van der Waals surface area contributed by atoms with E-state index in [1.54, 1.807) is 0 Å². The second kappa shape index (κ2) is 7.56. The fraction of sp³-hybridized carbons (Fsp3) is 0.611. The quantitative estimate of drug-likeness (QED) is 0.799. The van der Waals surface area contributed by atoms with Crippen LogP contribution in [0, 0.1) is 11.8 Å². The van der Waals surface area contributed by atoms with Crippen molar-refractivity contribution in [3.8, 4) is 0 Å². The van der Waals surface area contributed by atoms with Gasteiger partial charge in [-0.3, -0.25) is 9.59 Å². The molecule has 1 aromatic rings. The molecule has 1 amide bonds. The molecular formula is C18H23NO5S. The summed E-state index contributed by atoms with van der Waals surface area (Å²) in [4.78, 5) is 37.6. The van der Waals surface area contributed by atoms with Crippen LogP contribution in [0.2, 0.25) is 0 Å². The van der Waals surface area contributed by atoms with Crippen molar-refractivity contribution in [1.82, 2.24) is 0 Å². The fourth-order valence-electron chi connectivity index (χ4n) is 3.92. The van der Waals surface area contributed by atoms with E-state index in [2.05, 4.69) is 5.32 Å². The van der Waals surface area contributed by atoms with E-state index in [-0.39, 0.29) is 5.91 Å². The Labute approximate surface area is 150 Å². The van der Waals surface area contributed by atoms with Gasteiger partial charge < -0.3 is 15.2 Å². The number of hydrogen-bond acceptors (Lipinski definition) is 5. The van der Waals surface area contributed by atoms with Gasteiger partial charge in [-0.05, 0) is 44.1 Å². The number of carboxylic acids is 1. The zero-order valence-corrected chi connectivity index (χ0v) is 15.1. The number of carboxylic acid groups (broad SMARTS) is 1. The number of methoxy groups -OCH3 is 1. The first-order valence-electron chi connectivity index (χ1n) is 8.79. The van der Waals surface area contributed by atoms with E-state index in [1.807, 2.05) is 0 Å². The van der Waals surface area contributed by atoms with Gasteiger partial charge in [0.2, 0.25) is 5.91 Å². The number of amides is 1. The summed E-state index contributed by atoms with van der Waals surface area (Å²) >= 11 is 1.43. The molecule has 2 N–H and O–H groups in total. The molecule has 0 bridgehead atoms. The summed E-state index contributed by atoms with van der Waals surface area (Å²) in [5, 5.41) is 12.8. The molecule has 3 rings (SSSR count). The third-order valence-electron chi connectivity index (χ3n) is 5.22. The fourth-order valence-corrected chi connectivity index (χ4v) is 5.20. The van der Waals surface area contributed by atoms with Crippen LogP contribution in [0.1, 0.15) is 59.3 Å². The second-order valence-corrected chi connectivity index (χ2v) is 7.84. The van der Waals surface area contributed by atoms with E-state index in [1.165, 1.54) is 18.4 Å². The van der Waals surface area contributed by atoms with Crippen molar-refractivity contribution in [3.05, 3.63) is 16.0 Å². The lowest BCUT2D eigenvalue weighted by Gasteiger charge is -2.27. The summed E-state index contributed by atoms with van der Waals surface area (Å²) in [6.45, 7) is 0. The van der Waals surface area contributed by atoms with Crippen LogP contribution in [0.15, 0.2) is 0 Å². The first-order valence-corrected chi connectivity index (χ1v) is 9.61. The van der Waals surface area contributed by atoms with Crippen LogP contribution >= 0.6 is 11.3 Å². The van der Waals surface area contributed by atoms with Gasteiger partial charge in [0.25, 0.3) is 0 Å². The number of nitrogens with one attached hydrogen (secondary N) is 1. The Balaban J connectivity index is 1.86. The van der Waals surface area contributed by atoms with Crippen LogP contribution in [0.3, 0.4) is 0 Å². The van der Waals surface area contributed by atoms with Gasteiger partial charge in [-0.15, -0.1) is 11.3 Å². The minimum absolute atomic E-state index is 0.296. The van der Waals surface area contributed by atoms with Crippen LogP contribution in [0.25, 0.3) is 0 Å². The highest BCUT2D eigenvalue weighted by Crippen LogP contribution is 2.39. The predicted octanol–water partition coefficient (Wildman–Crippen LogP) is 3.24. The lowest BCUT2D eigenvalue weighted by molar-refractivity contribution is -0.147. The lowest BCUT2D eigenvalue weighted by atomic mass is 9.78. The van der Waals surface area contributed by atoms with Gasteiger partial charge in [0.1, 0.15) is 5.00 Å².